The standard InChI is InChI=1S/C12H13ClN4O2S/c1-20(18,19)9-4-2-8(3-5-9)6-15-12-10(13)11(14)16-7-17-12/h2-5,7H,6H2,1H3,(H3,14,15,16,17). The number of halogens is 1. The molecule has 8 heteroatoms. The van der Waals surface area contributed by atoms with Gasteiger partial charge in [0, 0.05) is 12.8 Å². The van der Waals surface area contributed by atoms with Crippen LogP contribution in [-0.4, -0.2) is 24.6 Å². The van der Waals surface area contributed by atoms with E-state index in [4.69, 9.17) is 17.3 Å². The van der Waals surface area contributed by atoms with Gasteiger partial charge in [0.05, 0.1) is 4.90 Å². The maximum atomic E-state index is 11.3. The summed E-state index contributed by atoms with van der Waals surface area (Å²) in [6.45, 7) is 0.445. The van der Waals surface area contributed by atoms with Gasteiger partial charge in [0.15, 0.2) is 15.7 Å². The van der Waals surface area contributed by atoms with Gasteiger partial charge in [-0.25, -0.2) is 18.4 Å². The molecule has 3 N–H and O–H groups in total. The van der Waals surface area contributed by atoms with Gasteiger partial charge in [-0.05, 0) is 17.7 Å². The van der Waals surface area contributed by atoms with E-state index < -0.39 is 9.84 Å². The van der Waals surface area contributed by atoms with Crippen molar-refractivity contribution >= 4 is 33.1 Å². The number of nitrogens with zero attached hydrogens (tertiary/aromatic N) is 2. The third-order valence-electron chi connectivity index (χ3n) is 2.63. The Morgan fingerprint density at radius 2 is 1.90 bits per heavy atom. The van der Waals surface area contributed by atoms with Crippen molar-refractivity contribution in [3.8, 4) is 0 Å². The van der Waals surface area contributed by atoms with E-state index in [1.165, 1.54) is 12.6 Å². The van der Waals surface area contributed by atoms with E-state index in [0.717, 1.165) is 5.56 Å². The summed E-state index contributed by atoms with van der Waals surface area (Å²) in [6.07, 6.45) is 2.49. The van der Waals surface area contributed by atoms with Crippen LogP contribution in [0.5, 0.6) is 0 Å². The highest BCUT2D eigenvalue weighted by molar-refractivity contribution is 7.90. The lowest BCUT2D eigenvalue weighted by Crippen LogP contribution is -2.05. The van der Waals surface area contributed by atoms with Gasteiger partial charge in [-0.2, -0.15) is 0 Å². The van der Waals surface area contributed by atoms with Gasteiger partial charge >= 0.3 is 0 Å². The molecule has 2 aromatic rings. The average Bonchev–Trinajstić information content (AvgIpc) is 2.40. The summed E-state index contributed by atoms with van der Waals surface area (Å²) < 4.78 is 22.7. The van der Waals surface area contributed by atoms with E-state index in [0.29, 0.717) is 12.4 Å². The molecule has 0 atom stereocenters. The van der Waals surface area contributed by atoms with Crippen LogP contribution in [0.1, 0.15) is 5.56 Å². The first-order valence-corrected chi connectivity index (χ1v) is 7.93. The zero-order valence-electron chi connectivity index (χ0n) is 10.7. The smallest absolute Gasteiger partial charge is 0.175 e. The third-order valence-corrected chi connectivity index (χ3v) is 4.13. The predicted octanol–water partition coefficient (Wildman–Crippen LogP) is 1.73. The second kappa shape index (κ2) is 5.64. The first-order chi connectivity index (χ1) is 9.38. The monoisotopic (exact) mass is 312 g/mol. The van der Waals surface area contributed by atoms with Crippen LogP contribution >= 0.6 is 11.6 Å². The quantitative estimate of drug-likeness (QED) is 0.892. The van der Waals surface area contributed by atoms with Gasteiger partial charge < -0.3 is 11.1 Å². The van der Waals surface area contributed by atoms with Crippen LogP contribution in [0.15, 0.2) is 35.5 Å². The fourth-order valence-corrected chi connectivity index (χ4v) is 2.34. The first kappa shape index (κ1) is 14.5. The van der Waals surface area contributed by atoms with Crippen molar-refractivity contribution < 1.29 is 8.42 Å². The maximum Gasteiger partial charge on any atom is 0.175 e. The number of aromatic nitrogens is 2. The van der Waals surface area contributed by atoms with E-state index in [1.54, 1.807) is 24.3 Å². The molecule has 0 amide bonds. The molecule has 0 saturated carbocycles. The third kappa shape index (κ3) is 3.37. The van der Waals surface area contributed by atoms with Crippen molar-refractivity contribution in [3.63, 3.8) is 0 Å². The molecule has 0 aliphatic rings. The Hall–Kier alpha value is -1.86. The van der Waals surface area contributed by atoms with E-state index in [2.05, 4.69) is 15.3 Å². The highest BCUT2D eigenvalue weighted by atomic mass is 35.5. The highest BCUT2D eigenvalue weighted by Gasteiger charge is 2.08. The Labute approximate surface area is 121 Å². The molecule has 0 radical (unpaired) electrons. The van der Waals surface area contributed by atoms with Crippen LogP contribution in [-0.2, 0) is 16.4 Å². The molecule has 6 nitrogen and oxygen atoms in total. The van der Waals surface area contributed by atoms with E-state index in [9.17, 15) is 8.42 Å². The molecule has 106 valence electrons. The molecule has 20 heavy (non-hydrogen) atoms. The highest BCUT2D eigenvalue weighted by Crippen LogP contribution is 2.23. The Bertz CT molecular complexity index is 717. The maximum absolute atomic E-state index is 11.3. The second-order valence-electron chi connectivity index (χ2n) is 4.19. The van der Waals surface area contributed by atoms with Crippen molar-refractivity contribution in [3.05, 3.63) is 41.2 Å². The molecular formula is C12H13ClN4O2S. The van der Waals surface area contributed by atoms with Crippen LogP contribution in [0.4, 0.5) is 11.6 Å². The number of nitrogens with two attached hydrogens (primary N) is 1. The molecule has 1 aromatic heterocycles. The van der Waals surface area contributed by atoms with Crippen LogP contribution in [0.25, 0.3) is 0 Å². The summed E-state index contributed by atoms with van der Waals surface area (Å²) in [5.74, 6) is 0.642. The Kier molecular flexibility index (Phi) is 4.10. The van der Waals surface area contributed by atoms with E-state index in [-0.39, 0.29) is 15.7 Å². The van der Waals surface area contributed by atoms with Crippen molar-refractivity contribution in [1.82, 2.24) is 9.97 Å². The fraction of sp³-hybridized carbons (Fsp3) is 0.167. The molecule has 0 bridgehead atoms. The molecule has 0 saturated heterocycles. The minimum absolute atomic E-state index is 0.205. The Morgan fingerprint density at radius 1 is 1.25 bits per heavy atom. The van der Waals surface area contributed by atoms with Crippen molar-refractivity contribution in [2.45, 2.75) is 11.4 Å². The Morgan fingerprint density at radius 3 is 2.50 bits per heavy atom. The van der Waals surface area contributed by atoms with E-state index >= 15 is 0 Å². The zero-order valence-corrected chi connectivity index (χ0v) is 12.2. The summed E-state index contributed by atoms with van der Waals surface area (Å²) in [4.78, 5) is 8.02. The van der Waals surface area contributed by atoms with Gasteiger partial charge in [-0.3, -0.25) is 0 Å². The fourth-order valence-electron chi connectivity index (χ4n) is 1.55. The molecule has 0 unspecified atom stereocenters. The van der Waals surface area contributed by atoms with Gasteiger partial charge in [-0.1, -0.05) is 23.7 Å². The average molecular weight is 313 g/mol. The predicted molar refractivity (Wildman–Crippen MR) is 78.3 cm³/mol. The van der Waals surface area contributed by atoms with Crippen LogP contribution in [0, 0.1) is 0 Å². The van der Waals surface area contributed by atoms with Crippen LogP contribution in [0.3, 0.4) is 0 Å². The number of nitrogen functional groups attached to an aromatic ring is 1. The van der Waals surface area contributed by atoms with Crippen molar-refractivity contribution in [2.75, 3.05) is 17.3 Å². The van der Waals surface area contributed by atoms with E-state index in [1.807, 2.05) is 0 Å². The Balaban J connectivity index is 2.10. The van der Waals surface area contributed by atoms with Crippen LogP contribution in [0.2, 0.25) is 5.02 Å². The topological polar surface area (TPSA) is 98.0 Å². The van der Waals surface area contributed by atoms with Crippen molar-refractivity contribution in [2.24, 2.45) is 0 Å². The number of hydrogen-bond acceptors (Lipinski definition) is 6. The number of anilines is 2. The number of sulfone groups is 1. The lowest BCUT2D eigenvalue weighted by molar-refractivity contribution is 0.602. The SMILES string of the molecule is CS(=O)(=O)c1ccc(CNc2ncnc(N)c2Cl)cc1. The summed E-state index contributed by atoms with van der Waals surface area (Å²) in [5.41, 5.74) is 6.46. The minimum Gasteiger partial charge on any atom is -0.382 e. The number of benzene rings is 1. The first-order valence-electron chi connectivity index (χ1n) is 5.67. The number of rotatable bonds is 4. The summed E-state index contributed by atoms with van der Waals surface area (Å²) in [7, 11) is -3.18. The largest absolute Gasteiger partial charge is 0.382 e. The van der Waals surface area contributed by atoms with Crippen molar-refractivity contribution in [1.29, 1.82) is 0 Å². The number of nitrogens with one attached hydrogen (secondary N) is 1. The van der Waals surface area contributed by atoms with Gasteiger partial charge in [0.2, 0.25) is 0 Å². The normalized spacial score (nSPS) is 11.3. The summed E-state index contributed by atoms with van der Waals surface area (Å²) in [5, 5.41) is 3.28. The summed E-state index contributed by atoms with van der Waals surface area (Å²) >= 11 is 5.95. The molecule has 1 heterocycles. The zero-order chi connectivity index (χ0) is 14.8. The molecule has 0 fully saturated rings. The summed E-state index contributed by atoms with van der Waals surface area (Å²) in [6, 6.07) is 6.56. The van der Waals surface area contributed by atoms with Crippen LogP contribution < -0.4 is 11.1 Å². The molecule has 0 spiro atoms. The molecule has 0 aliphatic carbocycles. The van der Waals surface area contributed by atoms with Gasteiger partial charge in [0.1, 0.15) is 17.2 Å². The minimum atomic E-state index is -3.18. The van der Waals surface area contributed by atoms with Gasteiger partial charge in [-0.15, -0.1) is 0 Å². The number of hydrogen-bond donors (Lipinski definition) is 2. The lowest BCUT2D eigenvalue weighted by Gasteiger charge is -2.08. The molecule has 0 aliphatic heterocycles. The molecular weight excluding hydrogens is 300 g/mol. The second-order valence-corrected chi connectivity index (χ2v) is 6.58. The molecule has 2 rings (SSSR count). The van der Waals surface area contributed by atoms with Gasteiger partial charge in [0.25, 0.3) is 0 Å². The lowest BCUT2D eigenvalue weighted by atomic mass is 10.2. The molecule has 1 aromatic carbocycles.